The van der Waals surface area contributed by atoms with E-state index >= 15 is 0 Å². The third kappa shape index (κ3) is 3.66. The van der Waals surface area contributed by atoms with E-state index in [9.17, 15) is 0 Å². The molecule has 2 unspecified atom stereocenters. The van der Waals surface area contributed by atoms with E-state index in [0.29, 0.717) is 11.8 Å². The van der Waals surface area contributed by atoms with Crippen molar-refractivity contribution in [2.75, 3.05) is 0 Å². The third-order valence-corrected chi connectivity index (χ3v) is 9.97. The minimum Gasteiger partial charge on any atom is -0.147 e. The summed E-state index contributed by atoms with van der Waals surface area (Å²) in [6.07, 6.45) is 9.42. The molecule has 0 heterocycles. The van der Waals surface area contributed by atoms with Crippen LogP contribution in [0.3, 0.4) is 0 Å². The van der Waals surface area contributed by atoms with Crippen LogP contribution in [0.1, 0.15) is 41.5 Å². The largest absolute Gasteiger partial charge is 0.147 e. The minimum absolute atomic E-state index is 0. The fourth-order valence-electron chi connectivity index (χ4n) is 3.20. The Balaban J connectivity index is 0.00000180. The predicted molar refractivity (Wildman–Crippen MR) is 92.9 cm³/mol. The summed E-state index contributed by atoms with van der Waals surface area (Å²) in [6.45, 7) is 14.0. The zero-order valence-electron chi connectivity index (χ0n) is 13.3. The summed E-state index contributed by atoms with van der Waals surface area (Å²) in [5, 5.41) is 0. The molecule has 0 aliphatic heterocycles. The molecule has 0 spiro atoms. The van der Waals surface area contributed by atoms with Gasteiger partial charge in [0, 0.05) is 0 Å². The topological polar surface area (TPSA) is 0 Å². The van der Waals surface area contributed by atoms with E-state index in [4.69, 9.17) is 0 Å². The fraction of sp³-hybridized carbons (Fsp3) is 0.471. The van der Waals surface area contributed by atoms with Gasteiger partial charge in [-0.3, -0.25) is 0 Å². The van der Waals surface area contributed by atoms with Gasteiger partial charge in [0.05, 0.1) is 0 Å². The van der Waals surface area contributed by atoms with Gasteiger partial charge < -0.3 is 0 Å². The molecule has 0 bridgehead atoms. The zero-order valence-corrected chi connectivity index (χ0v) is 16.5. The summed E-state index contributed by atoms with van der Waals surface area (Å²) in [7, 11) is 0. The van der Waals surface area contributed by atoms with E-state index in [1.165, 1.54) is 11.1 Å². The first kappa shape index (κ1) is 20.1. The van der Waals surface area contributed by atoms with Gasteiger partial charge in [-0.25, -0.2) is 0 Å². The van der Waals surface area contributed by atoms with Crippen LogP contribution in [0.2, 0.25) is 0 Å². The third-order valence-electron chi connectivity index (χ3n) is 4.07. The normalized spacial score (nSPS) is 23.9. The molecule has 0 amide bonds. The molecule has 0 N–H and O–H groups in total. The summed E-state index contributed by atoms with van der Waals surface area (Å²) in [5.74, 6) is 1.31. The van der Waals surface area contributed by atoms with Crippen LogP contribution in [0.4, 0.5) is 0 Å². The van der Waals surface area contributed by atoms with Crippen molar-refractivity contribution in [3.05, 3.63) is 43.2 Å². The van der Waals surface area contributed by atoms with Gasteiger partial charge in [-0.1, -0.05) is 0 Å². The van der Waals surface area contributed by atoms with E-state index in [2.05, 4.69) is 65.8 Å². The Kier molecular flexibility index (Phi) is 7.99. The smallest absolute Gasteiger partial charge is 0.147 e. The number of rotatable bonds is 2. The van der Waals surface area contributed by atoms with Crippen LogP contribution in [0.25, 0.3) is 0 Å². The van der Waals surface area contributed by atoms with E-state index in [1.54, 1.807) is 11.6 Å². The van der Waals surface area contributed by atoms with Crippen molar-refractivity contribution in [1.29, 1.82) is 0 Å². The van der Waals surface area contributed by atoms with Crippen molar-refractivity contribution in [2.24, 2.45) is 11.8 Å². The number of allylic oxidation sites excluding steroid dienone is 8. The Hall–Kier alpha value is 0.124. The average Bonchev–Trinajstić information content (AvgIpc) is 2.78. The van der Waals surface area contributed by atoms with Gasteiger partial charge in [0.25, 0.3) is 0 Å². The van der Waals surface area contributed by atoms with Crippen molar-refractivity contribution in [3.8, 4) is 0 Å². The molecule has 0 nitrogen and oxygen atoms in total. The van der Waals surface area contributed by atoms with Crippen LogP contribution in [-0.4, -0.2) is 3.81 Å². The van der Waals surface area contributed by atoms with Gasteiger partial charge in [-0.15, -0.1) is 24.8 Å². The average molecular weight is 349 g/mol. The Bertz CT molecular complexity index is 487. The predicted octanol–water partition coefficient (Wildman–Crippen LogP) is 5.62. The number of hydrogen-bond acceptors (Lipinski definition) is 0. The quantitative estimate of drug-likeness (QED) is 0.568. The van der Waals surface area contributed by atoms with Gasteiger partial charge >= 0.3 is 118 Å². The van der Waals surface area contributed by atoms with E-state index in [-0.39, 0.29) is 24.8 Å². The molecule has 0 saturated heterocycles. The number of hydrogen-bond donors (Lipinski definition) is 0. The molecule has 20 heavy (non-hydrogen) atoms. The summed E-state index contributed by atoms with van der Waals surface area (Å²) < 4.78 is 5.24. The molecule has 0 aromatic carbocycles. The second-order valence-corrected chi connectivity index (χ2v) is 10.3. The second kappa shape index (κ2) is 7.94. The molecule has 2 aliphatic rings. The maximum Gasteiger partial charge on any atom is -0.147 e. The van der Waals surface area contributed by atoms with Gasteiger partial charge in [0.1, 0.15) is 0 Å². The first-order valence-corrected chi connectivity index (χ1v) is 9.24. The summed E-state index contributed by atoms with van der Waals surface area (Å²) >= 11 is -1.42. The molecule has 0 aromatic rings. The van der Waals surface area contributed by atoms with Crippen LogP contribution >= 0.6 is 24.8 Å². The first-order chi connectivity index (χ1) is 8.43. The van der Waals surface area contributed by atoms with Crippen molar-refractivity contribution in [1.82, 2.24) is 0 Å². The molecule has 2 rings (SSSR count). The Labute approximate surface area is 142 Å². The maximum absolute atomic E-state index is 2.38. The van der Waals surface area contributed by atoms with E-state index in [0.717, 1.165) is 0 Å². The SMILES string of the molecule is CC1=[C]([Ti]([C]2=C(C)C=CC2C)=[C](C)C)C(C)C=C1.Cl.Cl. The number of halogens is 2. The van der Waals surface area contributed by atoms with E-state index in [1.807, 2.05) is 0 Å². The van der Waals surface area contributed by atoms with Crippen molar-refractivity contribution in [2.45, 2.75) is 41.5 Å². The summed E-state index contributed by atoms with van der Waals surface area (Å²) in [5.41, 5.74) is 3.08. The second-order valence-electron chi connectivity index (χ2n) is 5.86. The van der Waals surface area contributed by atoms with Crippen LogP contribution in [-0.2, 0) is 17.4 Å². The summed E-state index contributed by atoms with van der Waals surface area (Å²) in [6, 6.07) is 0. The standard InChI is InChI=1S/2C7H9.C3H6.2ClH.Ti/c2*1-6-3-4-7(2)5-6;1-3-2;;;/h2*3-4,6H,1-2H3;1-2H3;2*1H;. The molecule has 0 saturated carbocycles. The van der Waals surface area contributed by atoms with Crippen molar-refractivity contribution < 1.29 is 17.4 Å². The molecule has 112 valence electrons. The molecular weight excluding hydrogens is 323 g/mol. The monoisotopic (exact) mass is 348 g/mol. The van der Waals surface area contributed by atoms with Crippen LogP contribution < -0.4 is 0 Å². The van der Waals surface area contributed by atoms with Gasteiger partial charge in [-0.2, -0.15) is 0 Å². The van der Waals surface area contributed by atoms with Crippen LogP contribution in [0.15, 0.2) is 43.2 Å². The van der Waals surface area contributed by atoms with Gasteiger partial charge in [0.15, 0.2) is 0 Å². The molecule has 2 aliphatic carbocycles. The molecule has 0 fully saturated rings. The minimum atomic E-state index is -1.42. The Morgan fingerprint density at radius 2 is 1.20 bits per heavy atom. The molecule has 3 heteroatoms. The molecule has 0 aromatic heterocycles. The maximum atomic E-state index is 2.38. The molecule has 0 radical (unpaired) electrons. The summed E-state index contributed by atoms with van der Waals surface area (Å²) in [4.78, 5) is 0. The Morgan fingerprint density at radius 1 is 0.850 bits per heavy atom. The fourth-order valence-corrected chi connectivity index (χ4v) is 8.55. The van der Waals surface area contributed by atoms with Crippen molar-refractivity contribution in [3.63, 3.8) is 0 Å². The Morgan fingerprint density at radius 3 is 1.40 bits per heavy atom. The van der Waals surface area contributed by atoms with Gasteiger partial charge in [-0.05, 0) is 0 Å². The molecule has 2 atom stereocenters. The zero-order chi connectivity index (χ0) is 13.4. The van der Waals surface area contributed by atoms with Crippen LogP contribution in [0, 0.1) is 11.8 Å². The van der Waals surface area contributed by atoms with E-state index < -0.39 is 17.4 Å². The van der Waals surface area contributed by atoms with Gasteiger partial charge in [0.2, 0.25) is 0 Å². The van der Waals surface area contributed by atoms with Crippen molar-refractivity contribution >= 4 is 28.6 Å². The molecular formula is C17H26Cl2Ti. The first-order valence-electron chi connectivity index (χ1n) is 6.89. The van der Waals surface area contributed by atoms with Crippen LogP contribution in [0.5, 0.6) is 0 Å².